The Kier molecular flexibility index (Phi) is 4.48. The number of aryl methyl sites for hydroxylation is 1. The first-order valence-corrected chi connectivity index (χ1v) is 7.49. The third-order valence-electron chi connectivity index (χ3n) is 3.59. The van der Waals surface area contributed by atoms with Gasteiger partial charge in [0.25, 0.3) is 5.91 Å². The molecule has 0 N–H and O–H groups in total. The van der Waals surface area contributed by atoms with E-state index in [4.69, 9.17) is 0 Å². The van der Waals surface area contributed by atoms with E-state index in [2.05, 4.69) is 15.9 Å². The second kappa shape index (κ2) is 5.95. The number of likely N-dealkylation sites (tertiary alicyclic amines) is 1. The second-order valence-electron chi connectivity index (χ2n) is 5.37. The number of carbonyl (C=O) groups excluding carboxylic acids is 2. The van der Waals surface area contributed by atoms with Gasteiger partial charge in [0.2, 0.25) is 5.91 Å². The molecule has 1 atom stereocenters. The number of rotatable bonds is 2. The highest BCUT2D eigenvalue weighted by Crippen LogP contribution is 2.25. The lowest BCUT2D eigenvalue weighted by atomic mass is 10.1. The summed E-state index contributed by atoms with van der Waals surface area (Å²) in [4.78, 5) is 28.1. The number of amides is 2. The van der Waals surface area contributed by atoms with Crippen molar-refractivity contribution in [3.8, 4) is 0 Å². The van der Waals surface area contributed by atoms with Crippen molar-refractivity contribution >= 4 is 27.7 Å². The van der Waals surface area contributed by atoms with E-state index in [1.54, 1.807) is 23.9 Å². The van der Waals surface area contributed by atoms with Crippen LogP contribution in [0.2, 0.25) is 0 Å². The van der Waals surface area contributed by atoms with Crippen LogP contribution in [0.4, 0.5) is 0 Å². The molecule has 0 saturated carbocycles. The van der Waals surface area contributed by atoms with Crippen LogP contribution in [-0.2, 0) is 4.79 Å². The number of nitrogens with zero attached hydrogens (tertiary/aromatic N) is 2. The molecular weight excluding hydrogens is 320 g/mol. The van der Waals surface area contributed by atoms with Crippen molar-refractivity contribution < 1.29 is 9.59 Å². The molecule has 0 aliphatic carbocycles. The minimum Gasteiger partial charge on any atom is -0.347 e. The Morgan fingerprint density at radius 2 is 2.05 bits per heavy atom. The van der Waals surface area contributed by atoms with Crippen LogP contribution in [0.15, 0.2) is 22.7 Å². The Bertz CT molecular complexity index is 543. The molecule has 1 aromatic carbocycles. The zero-order chi connectivity index (χ0) is 14.9. The summed E-state index contributed by atoms with van der Waals surface area (Å²) >= 11 is 3.42. The molecule has 2 amide bonds. The summed E-state index contributed by atoms with van der Waals surface area (Å²) in [5.41, 5.74) is 1.66. The van der Waals surface area contributed by atoms with Crippen molar-refractivity contribution in [1.82, 2.24) is 9.80 Å². The lowest BCUT2D eigenvalue weighted by molar-refractivity contribution is -0.132. The summed E-state index contributed by atoms with van der Waals surface area (Å²) < 4.78 is 0.774. The van der Waals surface area contributed by atoms with Gasteiger partial charge < -0.3 is 9.80 Å². The maximum atomic E-state index is 12.7. The first kappa shape index (κ1) is 15.0. The summed E-state index contributed by atoms with van der Waals surface area (Å²) in [5, 5.41) is 0. The van der Waals surface area contributed by atoms with Crippen molar-refractivity contribution in [2.24, 2.45) is 0 Å². The molecule has 0 aromatic heterocycles. The maximum absolute atomic E-state index is 12.7. The first-order valence-electron chi connectivity index (χ1n) is 6.70. The molecule has 108 valence electrons. The van der Waals surface area contributed by atoms with Crippen molar-refractivity contribution in [3.05, 3.63) is 33.8 Å². The average Bonchev–Trinajstić information content (AvgIpc) is 2.88. The summed E-state index contributed by atoms with van der Waals surface area (Å²) in [7, 11) is 3.46. The molecule has 1 aromatic rings. The van der Waals surface area contributed by atoms with Gasteiger partial charge in [0.15, 0.2) is 0 Å². The Balaban J connectivity index is 2.28. The third kappa shape index (κ3) is 2.87. The van der Waals surface area contributed by atoms with E-state index in [0.717, 1.165) is 22.9 Å². The Morgan fingerprint density at radius 3 is 2.70 bits per heavy atom. The van der Waals surface area contributed by atoms with E-state index >= 15 is 0 Å². The molecule has 1 aliphatic heterocycles. The fraction of sp³-hybridized carbons (Fsp3) is 0.467. The molecule has 1 aliphatic rings. The van der Waals surface area contributed by atoms with Gasteiger partial charge in [0.1, 0.15) is 6.04 Å². The van der Waals surface area contributed by atoms with Crippen LogP contribution in [0.25, 0.3) is 0 Å². The molecule has 20 heavy (non-hydrogen) atoms. The molecule has 0 spiro atoms. The minimum absolute atomic E-state index is 0.000347. The third-order valence-corrected chi connectivity index (χ3v) is 4.28. The smallest absolute Gasteiger partial charge is 0.255 e. The molecular formula is C15H19BrN2O2. The topological polar surface area (TPSA) is 40.6 Å². The zero-order valence-corrected chi connectivity index (χ0v) is 13.6. The quantitative estimate of drug-likeness (QED) is 0.830. The van der Waals surface area contributed by atoms with Crippen LogP contribution >= 0.6 is 15.9 Å². The predicted octanol–water partition coefficient (Wildman–Crippen LogP) is 2.45. The molecule has 1 heterocycles. The fourth-order valence-corrected chi connectivity index (χ4v) is 2.94. The van der Waals surface area contributed by atoms with Crippen molar-refractivity contribution in [1.29, 1.82) is 0 Å². The predicted molar refractivity (Wildman–Crippen MR) is 81.6 cm³/mol. The van der Waals surface area contributed by atoms with Crippen molar-refractivity contribution in [3.63, 3.8) is 0 Å². The van der Waals surface area contributed by atoms with E-state index in [1.165, 1.54) is 0 Å². The first-order chi connectivity index (χ1) is 9.41. The van der Waals surface area contributed by atoms with Crippen LogP contribution in [0.1, 0.15) is 28.8 Å². The average molecular weight is 339 g/mol. The monoisotopic (exact) mass is 338 g/mol. The number of likely N-dealkylation sites (N-methyl/N-ethyl adjacent to an activating group) is 1. The highest BCUT2D eigenvalue weighted by Gasteiger charge is 2.35. The van der Waals surface area contributed by atoms with Gasteiger partial charge in [-0.15, -0.1) is 0 Å². The fourth-order valence-electron chi connectivity index (χ4n) is 2.52. The van der Waals surface area contributed by atoms with Crippen LogP contribution in [-0.4, -0.2) is 48.3 Å². The van der Waals surface area contributed by atoms with Crippen LogP contribution < -0.4 is 0 Å². The summed E-state index contributed by atoms with van der Waals surface area (Å²) in [6.45, 7) is 2.60. The standard InChI is InChI=1S/C15H19BrN2O2/c1-10-6-7-12(16)11(9-10)14(19)18-8-4-5-13(18)15(20)17(2)3/h6-7,9,13H,4-5,8H2,1-3H3. The Hall–Kier alpha value is -1.36. The molecule has 2 rings (SSSR count). The van der Waals surface area contributed by atoms with E-state index < -0.39 is 0 Å². The molecule has 5 heteroatoms. The van der Waals surface area contributed by atoms with Gasteiger partial charge in [-0.3, -0.25) is 9.59 Å². The number of benzene rings is 1. The second-order valence-corrected chi connectivity index (χ2v) is 6.23. The number of halogens is 1. The SMILES string of the molecule is Cc1ccc(Br)c(C(=O)N2CCCC2C(=O)N(C)C)c1. The summed E-state index contributed by atoms with van der Waals surface area (Å²) in [6, 6.07) is 5.36. The minimum atomic E-state index is -0.329. The molecule has 0 radical (unpaired) electrons. The van der Waals surface area contributed by atoms with Crippen LogP contribution in [0, 0.1) is 6.92 Å². The van der Waals surface area contributed by atoms with Gasteiger partial charge >= 0.3 is 0 Å². The van der Waals surface area contributed by atoms with Crippen molar-refractivity contribution in [2.45, 2.75) is 25.8 Å². The van der Waals surface area contributed by atoms with E-state index in [0.29, 0.717) is 12.1 Å². The molecule has 1 saturated heterocycles. The van der Waals surface area contributed by atoms with Crippen LogP contribution in [0.5, 0.6) is 0 Å². The Morgan fingerprint density at radius 1 is 1.35 bits per heavy atom. The number of hydrogen-bond donors (Lipinski definition) is 0. The highest BCUT2D eigenvalue weighted by molar-refractivity contribution is 9.10. The van der Waals surface area contributed by atoms with E-state index in [9.17, 15) is 9.59 Å². The van der Waals surface area contributed by atoms with Gasteiger partial charge in [-0.25, -0.2) is 0 Å². The summed E-state index contributed by atoms with van der Waals surface area (Å²) in [5.74, 6) is -0.0714. The lowest BCUT2D eigenvalue weighted by Gasteiger charge is -2.26. The van der Waals surface area contributed by atoms with Gasteiger partial charge in [-0.2, -0.15) is 0 Å². The van der Waals surface area contributed by atoms with Crippen molar-refractivity contribution in [2.75, 3.05) is 20.6 Å². The maximum Gasteiger partial charge on any atom is 0.255 e. The molecule has 4 nitrogen and oxygen atoms in total. The van der Waals surface area contributed by atoms with E-state index in [1.807, 2.05) is 25.1 Å². The number of hydrogen-bond acceptors (Lipinski definition) is 2. The highest BCUT2D eigenvalue weighted by atomic mass is 79.9. The largest absolute Gasteiger partial charge is 0.347 e. The normalized spacial score (nSPS) is 18.2. The van der Waals surface area contributed by atoms with Gasteiger partial charge in [-0.05, 0) is 47.8 Å². The zero-order valence-electron chi connectivity index (χ0n) is 12.0. The Labute approximate surface area is 127 Å². The molecule has 0 bridgehead atoms. The van der Waals surface area contributed by atoms with Gasteiger partial charge in [0.05, 0.1) is 5.56 Å². The van der Waals surface area contributed by atoms with E-state index in [-0.39, 0.29) is 17.9 Å². The summed E-state index contributed by atoms with van der Waals surface area (Å²) in [6.07, 6.45) is 1.62. The molecule has 1 fully saturated rings. The van der Waals surface area contributed by atoms with Gasteiger partial charge in [0, 0.05) is 25.1 Å². The lowest BCUT2D eigenvalue weighted by Crippen LogP contribution is -2.45. The molecule has 1 unspecified atom stereocenters. The van der Waals surface area contributed by atoms with Crippen LogP contribution in [0.3, 0.4) is 0 Å². The number of carbonyl (C=O) groups is 2. The van der Waals surface area contributed by atoms with Gasteiger partial charge in [-0.1, -0.05) is 11.6 Å².